The molecule has 0 bridgehead atoms. The Morgan fingerprint density at radius 1 is 1.42 bits per heavy atom. The van der Waals surface area contributed by atoms with Gasteiger partial charge in [-0.3, -0.25) is 9.48 Å². The molecule has 2 aromatic rings. The SMILES string of the molecule is Cc1nn(C)c(C)c1C1CCCN1C(=O)c1csc(CN)n1.Cl.Cl. The number of thiazole rings is 1. The molecule has 24 heavy (non-hydrogen) atoms. The Morgan fingerprint density at radius 2 is 2.12 bits per heavy atom. The van der Waals surface area contributed by atoms with E-state index in [1.807, 2.05) is 28.9 Å². The zero-order valence-corrected chi connectivity index (χ0v) is 16.4. The van der Waals surface area contributed by atoms with Crippen LogP contribution in [0.4, 0.5) is 0 Å². The van der Waals surface area contributed by atoms with Gasteiger partial charge in [-0.25, -0.2) is 4.98 Å². The van der Waals surface area contributed by atoms with Gasteiger partial charge in [-0.2, -0.15) is 5.10 Å². The molecule has 1 aliphatic heterocycles. The third kappa shape index (κ3) is 3.59. The number of carbonyl (C=O) groups excluding carboxylic acids is 1. The quantitative estimate of drug-likeness (QED) is 0.872. The van der Waals surface area contributed by atoms with Crippen LogP contribution in [0.3, 0.4) is 0 Å². The van der Waals surface area contributed by atoms with E-state index in [1.165, 1.54) is 16.9 Å². The molecule has 1 atom stereocenters. The first-order chi connectivity index (χ1) is 10.5. The number of halogens is 2. The lowest BCUT2D eigenvalue weighted by Crippen LogP contribution is -2.31. The molecule has 2 aromatic heterocycles. The van der Waals surface area contributed by atoms with Crippen LogP contribution in [-0.2, 0) is 13.6 Å². The van der Waals surface area contributed by atoms with Gasteiger partial charge in [0.1, 0.15) is 10.7 Å². The van der Waals surface area contributed by atoms with Gasteiger partial charge >= 0.3 is 0 Å². The van der Waals surface area contributed by atoms with E-state index >= 15 is 0 Å². The van der Waals surface area contributed by atoms with Crippen molar-refractivity contribution in [1.82, 2.24) is 19.7 Å². The zero-order chi connectivity index (χ0) is 15.9. The van der Waals surface area contributed by atoms with Gasteiger partial charge in [-0.15, -0.1) is 36.2 Å². The first-order valence-corrected chi connectivity index (χ1v) is 8.36. The predicted octanol–water partition coefficient (Wildman–Crippen LogP) is 2.77. The van der Waals surface area contributed by atoms with Crippen LogP contribution in [0.2, 0.25) is 0 Å². The van der Waals surface area contributed by atoms with Crippen LogP contribution >= 0.6 is 36.2 Å². The standard InChI is InChI=1S/C15H21N5OS.2ClH/c1-9-14(10(2)19(3)18-9)12-5-4-6-20(12)15(21)11-8-22-13(7-16)17-11;;/h8,12H,4-7,16H2,1-3H3;2*1H. The Labute approximate surface area is 158 Å². The third-order valence-electron chi connectivity index (χ3n) is 4.36. The number of carbonyl (C=O) groups is 1. The summed E-state index contributed by atoms with van der Waals surface area (Å²) in [7, 11) is 1.95. The minimum absolute atomic E-state index is 0. The van der Waals surface area contributed by atoms with Gasteiger partial charge in [0.2, 0.25) is 0 Å². The highest BCUT2D eigenvalue weighted by Crippen LogP contribution is 2.36. The topological polar surface area (TPSA) is 77.0 Å². The highest BCUT2D eigenvalue weighted by atomic mass is 35.5. The van der Waals surface area contributed by atoms with Crippen LogP contribution < -0.4 is 5.73 Å². The number of hydrogen-bond donors (Lipinski definition) is 1. The molecule has 0 radical (unpaired) electrons. The molecule has 1 amide bonds. The summed E-state index contributed by atoms with van der Waals surface area (Å²) in [5.41, 5.74) is 9.42. The maximum absolute atomic E-state index is 12.8. The van der Waals surface area contributed by atoms with E-state index in [4.69, 9.17) is 5.73 Å². The minimum atomic E-state index is 0. The van der Waals surface area contributed by atoms with Crippen LogP contribution in [0.5, 0.6) is 0 Å². The molecular weight excluding hydrogens is 369 g/mol. The Morgan fingerprint density at radius 3 is 2.67 bits per heavy atom. The average Bonchev–Trinajstić information content (AvgIpc) is 3.19. The molecule has 0 saturated carbocycles. The molecule has 3 heterocycles. The van der Waals surface area contributed by atoms with Crippen LogP contribution in [0, 0.1) is 13.8 Å². The average molecular weight is 392 g/mol. The molecule has 1 aliphatic rings. The van der Waals surface area contributed by atoms with Crippen molar-refractivity contribution in [2.24, 2.45) is 12.8 Å². The molecule has 2 N–H and O–H groups in total. The number of rotatable bonds is 3. The lowest BCUT2D eigenvalue weighted by molar-refractivity contribution is 0.0729. The van der Waals surface area contributed by atoms with Crippen LogP contribution in [0.1, 0.15) is 51.3 Å². The molecule has 9 heteroatoms. The van der Waals surface area contributed by atoms with Crippen molar-refractivity contribution in [3.8, 4) is 0 Å². The highest BCUT2D eigenvalue weighted by molar-refractivity contribution is 7.09. The Balaban J connectivity index is 0.00000144. The van der Waals surface area contributed by atoms with Crippen molar-refractivity contribution in [1.29, 1.82) is 0 Å². The lowest BCUT2D eigenvalue weighted by atomic mass is 10.0. The van der Waals surface area contributed by atoms with E-state index in [0.29, 0.717) is 12.2 Å². The summed E-state index contributed by atoms with van der Waals surface area (Å²) in [5.74, 6) is 0.00102. The molecule has 1 saturated heterocycles. The monoisotopic (exact) mass is 391 g/mol. The highest BCUT2D eigenvalue weighted by Gasteiger charge is 2.34. The molecule has 1 fully saturated rings. The van der Waals surface area contributed by atoms with E-state index < -0.39 is 0 Å². The summed E-state index contributed by atoms with van der Waals surface area (Å²) in [4.78, 5) is 19.1. The van der Waals surface area contributed by atoms with Crippen molar-refractivity contribution >= 4 is 42.1 Å². The third-order valence-corrected chi connectivity index (χ3v) is 5.23. The number of aromatic nitrogens is 3. The van der Waals surface area contributed by atoms with E-state index in [9.17, 15) is 4.79 Å². The second kappa shape index (κ2) is 8.29. The predicted molar refractivity (Wildman–Crippen MR) is 100 cm³/mol. The summed E-state index contributed by atoms with van der Waals surface area (Å²) in [6.07, 6.45) is 1.99. The second-order valence-corrected chi connectivity index (χ2v) is 6.64. The first kappa shape index (κ1) is 20.9. The number of likely N-dealkylation sites (tertiary alicyclic amines) is 1. The first-order valence-electron chi connectivity index (χ1n) is 7.48. The molecular formula is C15H23Cl2N5OS. The summed E-state index contributed by atoms with van der Waals surface area (Å²) in [6.45, 7) is 5.22. The number of hydrogen-bond acceptors (Lipinski definition) is 5. The van der Waals surface area contributed by atoms with Gasteiger partial charge in [-0.1, -0.05) is 0 Å². The number of amides is 1. The summed E-state index contributed by atoms with van der Waals surface area (Å²) < 4.78 is 1.89. The van der Waals surface area contributed by atoms with Crippen LogP contribution in [0.15, 0.2) is 5.38 Å². The number of nitrogens with two attached hydrogens (primary N) is 1. The van der Waals surface area contributed by atoms with E-state index in [1.54, 1.807) is 0 Å². The summed E-state index contributed by atoms with van der Waals surface area (Å²) >= 11 is 1.44. The van der Waals surface area contributed by atoms with Crippen molar-refractivity contribution in [3.05, 3.63) is 33.0 Å². The van der Waals surface area contributed by atoms with E-state index in [-0.39, 0.29) is 36.8 Å². The molecule has 0 spiro atoms. The number of aryl methyl sites for hydroxylation is 2. The summed E-state index contributed by atoms with van der Waals surface area (Å²) in [6, 6.07) is 0.101. The van der Waals surface area contributed by atoms with Crippen LogP contribution in [0.25, 0.3) is 0 Å². The Hall–Kier alpha value is -1.15. The molecule has 1 unspecified atom stereocenters. The van der Waals surface area contributed by atoms with Crippen molar-refractivity contribution in [3.63, 3.8) is 0 Å². The van der Waals surface area contributed by atoms with E-state index in [0.717, 1.165) is 35.8 Å². The molecule has 3 rings (SSSR count). The fourth-order valence-corrected chi connectivity index (χ4v) is 3.88. The Bertz CT molecular complexity index is 715. The number of nitrogens with zero attached hydrogens (tertiary/aromatic N) is 4. The Kier molecular flexibility index (Phi) is 7.22. The van der Waals surface area contributed by atoms with Gasteiger partial charge in [0.25, 0.3) is 5.91 Å². The zero-order valence-electron chi connectivity index (χ0n) is 14.0. The molecule has 134 valence electrons. The maximum Gasteiger partial charge on any atom is 0.273 e. The van der Waals surface area contributed by atoms with Crippen LogP contribution in [-0.4, -0.2) is 32.1 Å². The normalized spacial score (nSPS) is 16.7. The molecule has 0 aliphatic carbocycles. The fraction of sp³-hybridized carbons (Fsp3) is 0.533. The minimum Gasteiger partial charge on any atom is -0.330 e. The van der Waals surface area contributed by atoms with Crippen molar-refractivity contribution < 1.29 is 4.79 Å². The van der Waals surface area contributed by atoms with Gasteiger partial charge in [0.15, 0.2) is 0 Å². The van der Waals surface area contributed by atoms with E-state index in [2.05, 4.69) is 17.0 Å². The lowest BCUT2D eigenvalue weighted by Gasteiger charge is -2.24. The van der Waals surface area contributed by atoms with Crippen molar-refractivity contribution in [2.45, 2.75) is 39.3 Å². The van der Waals surface area contributed by atoms with Gasteiger partial charge in [0, 0.05) is 36.8 Å². The van der Waals surface area contributed by atoms with Gasteiger partial charge in [-0.05, 0) is 26.7 Å². The van der Waals surface area contributed by atoms with Crippen molar-refractivity contribution in [2.75, 3.05) is 6.54 Å². The largest absolute Gasteiger partial charge is 0.330 e. The molecule has 6 nitrogen and oxygen atoms in total. The fourth-order valence-electron chi connectivity index (χ4n) is 3.23. The van der Waals surface area contributed by atoms with Gasteiger partial charge in [0.05, 0.1) is 11.7 Å². The van der Waals surface area contributed by atoms with Gasteiger partial charge < -0.3 is 10.6 Å². The second-order valence-electron chi connectivity index (χ2n) is 5.70. The summed E-state index contributed by atoms with van der Waals surface area (Å²) in [5, 5.41) is 7.10. The smallest absolute Gasteiger partial charge is 0.273 e. The molecule has 0 aromatic carbocycles. The maximum atomic E-state index is 12.8.